The van der Waals surface area contributed by atoms with E-state index in [2.05, 4.69) is 21.3 Å². The third kappa shape index (κ3) is 42.7. The molecule has 1 aliphatic rings. The van der Waals surface area contributed by atoms with Crippen LogP contribution in [0.4, 0.5) is 0 Å². The van der Waals surface area contributed by atoms with Gasteiger partial charge in [0.2, 0.25) is 23.6 Å². The molecule has 1 heterocycles. The number of Topliss-reactive ketones (excluding diaryl/α,β-unsaturated/α-hetero) is 5. The Morgan fingerprint density at radius 1 is 0.570 bits per heavy atom. The van der Waals surface area contributed by atoms with Crippen LogP contribution < -0.4 is 27.0 Å². The molecule has 8 N–H and O–H groups in total. The smallest absolute Gasteiger partial charge is 0.326 e. The molecule has 1 fully saturated rings. The lowest BCUT2D eigenvalue weighted by Gasteiger charge is -2.28. The van der Waals surface area contributed by atoms with Gasteiger partial charge in [-0.15, -0.1) is 0 Å². The molecule has 0 aromatic carbocycles. The molecule has 0 spiro atoms. The van der Waals surface area contributed by atoms with Gasteiger partial charge < -0.3 is 61.0 Å². The van der Waals surface area contributed by atoms with E-state index in [9.17, 15) is 57.8 Å². The number of amides is 4. The molecule has 4 amide bonds. The number of ketones is 5. The number of likely N-dealkylation sites (tertiary alicyclic amines) is 1. The molecule has 23 nitrogen and oxygen atoms in total. The normalized spacial score (nSPS) is 14.5. The standard InChI is InChI=1S/C63H110N6O17/c1-48(43-49(2)70)55(73)44-67-51(54(72)32-33-63(3,4)56(74)45-69-36-23-27-53(69)61(64)80)26-21-22-34-65-59(77)47-86-42-39-83-37-24-25-50(71)46-85-41-40-84-38-35-66-57(75)31-30-52(62(81)82)68-58(76)28-19-17-15-13-11-9-7-5-6-8-10-12-14-16-18-20-29-60(78)79/h48,51-53,67H,5-47H2,1-4H3,(H2,64,80)(H,65,77)(H,66,75)(H,68,76)(H,78,79)(H,81,82)/t48-,51+,52+,53+/m1/s1. The van der Waals surface area contributed by atoms with Gasteiger partial charge >= 0.3 is 11.9 Å². The minimum Gasteiger partial charge on any atom is -0.481 e. The van der Waals surface area contributed by atoms with Crippen LogP contribution in [0.25, 0.3) is 0 Å². The molecule has 0 aromatic rings. The number of hydrogen-bond donors (Lipinski definition) is 7. The van der Waals surface area contributed by atoms with E-state index in [1.165, 1.54) is 64.7 Å². The number of rotatable bonds is 60. The number of nitrogens with zero attached hydrogens (tertiary/aromatic N) is 1. The zero-order valence-electron chi connectivity index (χ0n) is 52.8. The zero-order chi connectivity index (χ0) is 63.8. The number of aliphatic carboxylic acids is 2. The Morgan fingerprint density at radius 2 is 1.13 bits per heavy atom. The van der Waals surface area contributed by atoms with Gasteiger partial charge in [-0.1, -0.05) is 111 Å². The Balaban J connectivity index is 2.11. The number of carboxylic acids is 2. The summed E-state index contributed by atoms with van der Waals surface area (Å²) in [5.41, 5.74) is 4.69. The van der Waals surface area contributed by atoms with E-state index in [0.29, 0.717) is 58.2 Å². The second-order valence-corrected chi connectivity index (χ2v) is 23.7. The van der Waals surface area contributed by atoms with Crippen molar-refractivity contribution >= 4 is 64.5 Å². The topological polar surface area (TPSA) is 343 Å². The van der Waals surface area contributed by atoms with E-state index >= 15 is 0 Å². The number of primary amides is 1. The van der Waals surface area contributed by atoms with Crippen molar-refractivity contribution in [3.05, 3.63) is 0 Å². The van der Waals surface area contributed by atoms with Crippen molar-refractivity contribution in [2.45, 2.75) is 238 Å². The fourth-order valence-corrected chi connectivity index (χ4v) is 9.98. The summed E-state index contributed by atoms with van der Waals surface area (Å²) in [6.07, 6.45) is 22.2. The average molecular weight is 1220 g/mol. The van der Waals surface area contributed by atoms with E-state index in [0.717, 1.165) is 44.9 Å². The Kier molecular flexibility index (Phi) is 45.8. The van der Waals surface area contributed by atoms with Crippen molar-refractivity contribution < 1.29 is 81.9 Å². The summed E-state index contributed by atoms with van der Waals surface area (Å²) in [6, 6.07) is -2.30. The predicted molar refractivity (Wildman–Crippen MR) is 325 cm³/mol. The number of carbonyl (C=O) groups is 11. The Bertz CT molecular complexity index is 2010. The SMILES string of the molecule is CC(=O)C[C@@H](C)C(=O)CN[C@@H](CCCCNC(=O)COCCOCCCC(=O)COCCOCCNC(=O)CC[C@H](NC(=O)CCCCCCCCCCCCCCCCCCC(=O)O)C(=O)O)C(=O)CCC(C)(C)C(=O)CN1CCC[C@H]1C(N)=O. The van der Waals surface area contributed by atoms with Gasteiger partial charge in [-0.25, -0.2) is 4.79 Å². The van der Waals surface area contributed by atoms with E-state index in [4.69, 9.17) is 29.8 Å². The quantitative estimate of drug-likeness (QED) is 0.0329. The van der Waals surface area contributed by atoms with Crippen LogP contribution in [0.5, 0.6) is 0 Å². The lowest BCUT2D eigenvalue weighted by Crippen LogP contribution is -2.45. The first-order valence-corrected chi connectivity index (χ1v) is 32.1. The molecular formula is C63H110N6O17. The van der Waals surface area contributed by atoms with Crippen molar-refractivity contribution in [2.24, 2.45) is 17.1 Å². The van der Waals surface area contributed by atoms with Crippen molar-refractivity contribution in [3.8, 4) is 0 Å². The van der Waals surface area contributed by atoms with Crippen LogP contribution in [0, 0.1) is 11.3 Å². The molecule has 0 bridgehead atoms. The van der Waals surface area contributed by atoms with Gasteiger partial charge in [-0.2, -0.15) is 0 Å². The summed E-state index contributed by atoms with van der Waals surface area (Å²) in [5, 5.41) is 29.4. The molecule has 1 rings (SSSR count). The molecule has 1 saturated heterocycles. The van der Waals surface area contributed by atoms with Crippen LogP contribution in [0.1, 0.15) is 220 Å². The lowest BCUT2D eigenvalue weighted by molar-refractivity contribution is -0.142. The molecule has 0 unspecified atom stereocenters. The van der Waals surface area contributed by atoms with E-state index in [1.54, 1.807) is 25.7 Å². The second kappa shape index (κ2) is 49.9. The average Bonchev–Trinajstić information content (AvgIpc) is 4.01. The van der Waals surface area contributed by atoms with Crippen LogP contribution in [0.3, 0.4) is 0 Å². The van der Waals surface area contributed by atoms with Crippen LogP contribution >= 0.6 is 0 Å². The molecule has 23 heteroatoms. The van der Waals surface area contributed by atoms with Crippen LogP contribution in [0.15, 0.2) is 0 Å². The number of nitrogens with one attached hydrogen (secondary N) is 4. The van der Waals surface area contributed by atoms with Gasteiger partial charge in [0.05, 0.1) is 58.2 Å². The van der Waals surface area contributed by atoms with Crippen molar-refractivity contribution in [1.82, 2.24) is 26.2 Å². The van der Waals surface area contributed by atoms with Gasteiger partial charge in [-0.3, -0.25) is 48.1 Å². The van der Waals surface area contributed by atoms with Crippen LogP contribution in [0.2, 0.25) is 0 Å². The molecular weight excluding hydrogens is 1110 g/mol. The summed E-state index contributed by atoms with van der Waals surface area (Å²) in [4.78, 5) is 136. The van der Waals surface area contributed by atoms with Gasteiger partial charge in [-0.05, 0) is 77.7 Å². The molecule has 1 aliphatic heterocycles. The third-order valence-corrected chi connectivity index (χ3v) is 15.5. The van der Waals surface area contributed by atoms with Crippen LogP contribution in [-0.4, -0.2) is 183 Å². The summed E-state index contributed by atoms with van der Waals surface area (Å²) < 4.78 is 21.8. The first kappa shape index (κ1) is 78.9. The minimum absolute atomic E-state index is 0.0391. The Labute approximate surface area is 511 Å². The summed E-state index contributed by atoms with van der Waals surface area (Å²) in [6.45, 7) is 8.78. The highest BCUT2D eigenvalue weighted by molar-refractivity contribution is 5.91. The third-order valence-electron chi connectivity index (χ3n) is 15.5. The summed E-state index contributed by atoms with van der Waals surface area (Å²) >= 11 is 0. The lowest BCUT2D eigenvalue weighted by atomic mass is 9.81. The maximum Gasteiger partial charge on any atom is 0.326 e. The van der Waals surface area contributed by atoms with Gasteiger partial charge in [0, 0.05) is 69.6 Å². The van der Waals surface area contributed by atoms with E-state index in [-0.39, 0.29) is 164 Å². The summed E-state index contributed by atoms with van der Waals surface area (Å²) in [7, 11) is 0. The highest BCUT2D eigenvalue weighted by atomic mass is 16.5. The molecule has 494 valence electrons. The molecule has 0 radical (unpaired) electrons. The maximum absolute atomic E-state index is 13.5. The minimum atomic E-state index is -1.19. The summed E-state index contributed by atoms with van der Waals surface area (Å²) in [5.74, 6) is -4.50. The maximum atomic E-state index is 13.5. The van der Waals surface area contributed by atoms with Gasteiger partial charge in [0.1, 0.15) is 36.6 Å². The monoisotopic (exact) mass is 1220 g/mol. The van der Waals surface area contributed by atoms with Crippen molar-refractivity contribution in [1.29, 1.82) is 0 Å². The number of nitrogens with two attached hydrogens (primary N) is 1. The largest absolute Gasteiger partial charge is 0.481 e. The van der Waals surface area contributed by atoms with Crippen molar-refractivity contribution in [2.75, 3.05) is 85.6 Å². The number of hydrogen-bond acceptors (Lipinski definition) is 17. The molecule has 0 saturated carbocycles. The van der Waals surface area contributed by atoms with Crippen molar-refractivity contribution in [3.63, 3.8) is 0 Å². The highest BCUT2D eigenvalue weighted by Crippen LogP contribution is 2.27. The fourth-order valence-electron chi connectivity index (χ4n) is 9.98. The Morgan fingerprint density at radius 3 is 1.71 bits per heavy atom. The fraction of sp³-hybridized carbons (Fsp3) is 0.825. The van der Waals surface area contributed by atoms with Gasteiger partial charge in [0.15, 0.2) is 11.6 Å². The van der Waals surface area contributed by atoms with E-state index in [1.807, 2.05) is 0 Å². The molecule has 4 atom stereocenters. The Hall–Kier alpha value is -5.07. The number of carboxylic acid groups (broad SMARTS) is 2. The second-order valence-electron chi connectivity index (χ2n) is 23.7. The first-order valence-electron chi connectivity index (χ1n) is 32.1. The van der Waals surface area contributed by atoms with Crippen LogP contribution in [-0.2, 0) is 71.7 Å². The number of carbonyl (C=O) groups excluding carboxylic acids is 9. The first-order chi connectivity index (χ1) is 41.1. The predicted octanol–water partition coefficient (Wildman–Crippen LogP) is 6.30. The van der Waals surface area contributed by atoms with Gasteiger partial charge in [0.25, 0.3) is 0 Å². The van der Waals surface area contributed by atoms with E-state index < -0.39 is 47.3 Å². The molecule has 0 aliphatic carbocycles. The number of ether oxygens (including phenoxy) is 4. The highest BCUT2D eigenvalue weighted by Gasteiger charge is 2.36. The molecule has 86 heavy (non-hydrogen) atoms. The molecule has 0 aromatic heterocycles. The number of unbranched alkanes of at least 4 members (excludes halogenated alkanes) is 16. The zero-order valence-corrected chi connectivity index (χ0v) is 52.8.